The van der Waals surface area contributed by atoms with Crippen molar-refractivity contribution in [2.24, 2.45) is 5.92 Å². The molecule has 1 amide bonds. The fraction of sp³-hybridized carbons (Fsp3) is 0.588. The molecule has 1 saturated heterocycles. The molecule has 4 nitrogen and oxygen atoms in total. The number of ether oxygens (including phenoxy) is 1. The molecule has 23 heavy (non-hydrogen) atoms. The van der Waals surface area contributed by atoms with E-state index in [2.05, 4.69) is 10.2 Å². The van der Waals surface area contributed by atoms with Crippen LogP contribution in [0.5, 0.6) is 0 Å². The zero-order valence-corrected chi connectivity index (χ0v) is 13.5. The fourth-order valence-corrected chi connectivity index (χ4v) is 2.83. The van der Waals surface area contributed by atoms with Crippen LogP contribution in [-0.4, -0.2) is 50.7 Å². The molecule has 1 heterocycles. The lowest BCUT2D eigenvalue weighted by molar-refractivity contribution is -0.121. The van der Waals surface area contributed by atoms with Gasteiger partial charge in [-0.1, -0.05) is 0 Å². The summed E-state index contributed by atoms with van der Waals surface area (Å²) in [6, 6.07) is 3.32. The highest BCUT2D eigenvalue weighted by molar-refractivity contribution is 5.76. The van der Waals surface area contributed by atoms with Crippen molar-refractivity contribution in [1.82, 2.24) is 10.2 Å². The predicted molar refractivity (Wildman–Crippen MR) is 84.1 cm³/mol. The van der Waals surface area contributed by atoms with Crippen LogP contribution in [0.25, 0.3) is 0 Å². The van der Waals surface area contributed by atoms with Gasteiger partial charge in [-0.15, -0.1) is 0 Å². The van der Waals surface area contributed by atoms with Gasteiger partial charge >= 0.3 is 0 Å². The normalized spacial score (nSPS) is 18.3. The number of rotatable bonds is 8. The molecular formula is C17H24F2N2O2. The number of hydrogen-bond acceptors (Lipinski definition) is 3. The number of benzene rings is 1. The maximum Gasteiger partial charge on any atom is 0.220 e. The molecule has 0 spiro atoms. The Morgan fingerprint density at radius 3 is 3.04 bits per heavy atom. The first-order valence-electron chi connectivity index (χ1n) is 8.00. The summed E-state index contributed by atoms with van der Waals surface area (Å²) in [6.07, 6.45) is 1.43. The van der Waals surface area contributed by atoms with Crippen molar-refractivity contribution in [3.8, 4) is 0 Å². The third kappa shape index (κ3) is 5.88. The topological polar surface area (TPSA) is 41.6 Å². The first-order chi connectivity index (χ1) is 11.1. The lowest BCUT2D eigenvalue weighted by atomic mass is 10.1. The highest BCUT2D eigenvalue weighted by Crippen LogP contribution is 2.15. The SMILES string of the molecule is COCCN1CCC(CNC(=O)CCc2cc(F)ccc2F)C1. The van der Waals surface area contributed by atoms with Crippen molar-refractivity contribution in [1.29, 1.82) is 0 Å². The summed E-state index contributed by atoms with van der Waals surface area (Å²) in [5.74, 6) is -0.626. The second kappa shape index (κ2) is 8.93. The van der Waals surface area contributed by atoms with Crippen molar-refractivity contribution >= 4 is 5.91 Å². The first kappa shape index (κ1) is 17.8. The summed E-state index contributed by atoms with van der Waals surface area (Å²) in [5.41, 5.74) is 0.242. The average molecular weight is 326 g/mol. The van der Waals surface area contributed by atoms with E-state index in [-0.39, 0.29) is 24.3 Å². The minimum absolute atomic E-state index is 0.121. The molecule has 1 aliphatic rings. The van der Waals surface area contributed by atoms with Crippen LogP contribution in [0.15, 0.2) is 18.2 Å². The Bertz CT molecular complexity index is 525. The van der Waals surface area contributed by atoms with Crippen LogP contribution in [0.3, 0.4) is 0 Å². The summed E-state index contributed by atoms with van der Waals surface area (Å²) >= 11 is 0. The van der Waals surface area contributed by atoms with Crippen molar-refractivity contribution in [3.05, 3.63) is 35.4 Å². The van der Waals surface area contributed by atoms with Gasteiger partial charge in [0.05, 0.1) is 6.61 Å². The molecule has 6 heteroatoms. The Labute approximate surface area is 135 Å². The van der Waals surface area contributed by atoms with Gasteiger partial charge < -0.3 is 15.0 Å². The number of hydrogen-bond donors (Lipinski definition) is 1. The van der Waals surface area contributed by atoms with Gasteiger partial charge in [-0.3, -0.25) is 4.79 Å². The number of methoxy groups -OCH3 is 1. The maximum atomic E-state index is 13.5. The Balaban J connectivity index is 1.67. The van der Waals surface area contributed by atoms with E-state index in [9.17, 15) is 13.6 Å². The second-order valence-corrected chi connectivity index (χ2v) is 5.99. The molecule has 2 rings (SSSR count). The van der Waals surface area contributed by atoms with Crippen LogP contribution in [0.2, 0.25) is 0 Å². The van der Waals surface area contributed by atoms with E-state index >= 15 is 0 Å². The van der Waals surface area contributed by atoms with Crippen LogP contribution in [0, 0.1) is 17.6 Å². The van der Waals surface area contributed by atoms with Crippen LogP contribution >= 0.6 is 0 Å². The van der Waals surface area contributed by atoms with Crippen LogP contribution in [0.4, 0.5) is 8.78 Å². The summed E-state index contributed by atoms with van der Waals surface area (Å²) in [7, 11) is 1.69. The van der Waals surface area contributed by atoms with Crippen molar-refractivity contribution in [3.63, 3.8) is 0 Å². The molecule has 0 aliphatic carbocycles. The number of nitrogens with one attached hydrogen (secondary N) is 1. The maximum absolute atomic E-state index is 13.5. The molecule has 128 valence electrons. The van der Waals surface area contributed by atoms with Gasteiger partial charge in [-0.25, -0.2) is 8.78 Å². The molecule has 0 aromatic heterocycles. The molecule has 1 atom stereocenters. The van der Waals surface area contributed by atoms with Gasteiger partial charge in [0, 0.05) is 33.2 Å². The van der Waals surface area contributed by atoms with Crippen molar-refractivity contribution in [2.75, 3.05) is 39.9 Å². The van der Waals surface area contributed by atoms with E-state index in [1.807, 2.05) is 0 Å². The minimum Gasteiger partial charge on any atom is -0.383 e. The molecule has 1 aromatic carbocycles. The standard InChI is InChI=1S/C17H24F2N2O2/c1-23-9-8-21-7-6-13(12-21)11-20-17(22)5-2-14-10-15(18)3-4-16(14)19/h3-4,10,13H,2,5-9,11-12H2,1H3,(H,20,22). The van der Waals surface area contributed by atoms with Gasteiger partial charge in [-0.2, -0.15) is 0 Å². The molecule has 0 bridgehead atoms. The van der Waals surface area contributed by atoms with Crippen molar-refractivity contribution < 1.29 is 18.3 Å². The van der Waals surface area contributed by atoms with E-state index in [1.54, 1.807) is 7.11 Å². The predicted octanol–water partition coefficient (Wildman–Crippen LogP) is 1.98. The van der Waals surface area contributed by atoms with Gasteiger partial charge in [0.15, 0.2) is 0 Å². The van der Waals surface area contributed by atoms with Crippen LogP contribution < -0.4 is 5.32 Å². The van der Waals surface area contributed by atoms with Gasteiger partial charge in [0.2, 0.25) is 5.91 Å². The molecule has 1 aliphatic heterocycles. The summed E-state index contributed by atoms with van der Waals surface area (Å²) < 4.78 is 31.6. The molecular weight excluding hydrogens is 302 g/mol. The first-order valence-corrected chi connectivity index (χ1v) is 8.00. The van der Waals surface area contributed by atoms with E-state index in [0.29, 0.717) is 12.5 Å². The number of carbonyl (C=O) groups is 1. The molecule has 1 unspecified atom stereocenters. The van der Waals surface area contributed by atoms with E-state index < -0.39 is 11.6 Å². The number of amides is 1. The second-order valence-electron chi connectivity index (χ2n) is 5.99. The monoisotopic (exact) mass is 326 g/mol. The third-order valence-electron chi connectivity index (χ3n) is 4.20. The number of likely N-dealkylation sites (tertiary alicyclic amines) is 1. The highest BCUT2D eigenvalue weighted by Gasteiger charge is 2.22. The Kier molecular flexibility index (Phi) is 6.92. The molecule has 0 saturated carbocycles. The molecule has 1 fully saturated rings. The van der Waals surface area contributed by atoms with Crippen molar-refractivity contribution in [2.45, 2.75) is 19.3 Å². The minimum atomic E-state index is -0.482. The van der Waals surface area contributed by atoms with Crippen LogP contribution in [-0.2, 0) is 16.0 Å². The Morgan fingerprint density at radius 1 is 1.43 bits per heavy atom. The highest BCUT2D eigenvalue weighted by atomic mass is 19.1. The number of nitrogens with zero attached hydrogens (tertiary/aromatic N) is 1. The van der Waals surface area contributed by atoms with Gasteiger partial charge in [0.25, 0.3) is 0 Å². The number of carbonyl (C=O) groups excluding carboxylic acids is 1. The molecule has 1 aromatic rings. The zero-order valence-electron chi connectivity index (χ0n) is 13.5. The quantitative estimate of drug-likeness (QED) is 0.794. The summed E-state index contributed by atoms with van der Waals surface area (Å²) in [4.78, 5) is 14.2. The smallest absolute Gasteiger partial charge is 0.220 e. The summed E-state index contributed by atoms with van der Waals surface area (Å²) in [6.45, 7) is 4.26. The largest absolute Gasteiger partial charge is 0.383 e. The molecule has 1 N–H and O–H groups in total. The lowest BCUT2D eigenvalue weighted by Crippen LogP contribution is -2.31. The average Bonchev–Trinajstić information content (AvgIpc) is 2.99. The third-order valence-corrected chi connectivity index (χ3v) is 4.20. The Morgan fingerprint density at radius 2 is 2.26 bits per heavy atom. The van der Waals surface area contributed by atoms with E-state index in [1.165, 1.54) is 0 Å². The van der Waals surface area contributed by atoms with Crippen LogP contribution in [0.1, 0.15) is 18.4 Å². The summed E-state index contributed by atoms with van der Waals surface area (Å²) in [5, 5.41) is 2.89. The van der Waals surface area contributed by atoms with Gasteiger partial charge in [-0.05, 0) is 49.1 Å². The Hall–Kier alpha value is -1.53. The number of aryl methyl sites for hydroxylation is 1. The fourth-order valence-electron chi connectivity index (χ4n) is 2.83. The van der Waals surface area contributed by atoms with E-state index in [4.69, 9.17) is 4.74 Å². The zero-order chi connectivity index (χ0) is 16.7. The van der Waals surface area contributed by atoms with Gasteiger partial charge in [0.1, 0.15) is 11.6 Å². The number of halogens is 2. The lowest BCUT2D eigenvalue weighted by Gasteiger charge is -2.15. The molecule has 0 radical (unpaired) electrons. The van der Waals surface area contributed by atoms with E-state index in [0.717, 1.165) is 50.9 Å².